The van der Waals surface area contributed by atoms with E-state index in [2.05, 4.69) is 10.6 Å². The second-order valence-corrected chi connectivity index (χ2v) is 7.73. The third kappa shape index (κ3) is 4.55. The van der Waals surface area contributed by atoms with Crippen molar-refractivity contribution in [3.8, 4) is 11.5 Å². The van der Waals surface area contributed by atoms with Crippen LogP contribution >= 0.6 is 12.2 Å². The highest BCUT2D eigenvalue weighted by Gasteiger charge is 2.28. The Bertz CT molecular complexity index is 718. The zero-order valence-electron chi connectivity index (χ0n) is 12.8. The number of benzene rings is 1. The van der Waals surface area contributed by atoms with Gasteiger partial charge in [0.05, 0.1) is 25.7 Å². The summed E-state index contributed by atoms with van der Waals surface area (Å²) in [5.41, 5.74) is 0.353. The van der Waals surface area contributed by atoms with Crippen molar-refractivity contribution in [1.82, 2.24) is 10.6 Å². The van der Waals surface area contributed by atoms with E-state index >= 15 is 0 Å². The van der Waals surface area contributed by atoms with Gasteiger partial charge in [-0.1, -0.05) is 0 Å². The number of thiocarbonyl (C=S) groups is 1. The monoisotopic (exact) mass is 358 g/mol. The van der Waals surface area contributed by atoms with Gasteiger partial charge in [0.1, 0.15) is 0 Å². The third-order valence-corrected chi connectivity index (χ3v) is 5.43. The first-order valence-corrected chi connectivity index (χ1v) is 9.12. The number of methoxy groups -OCH3 is 2. The maximum Gasteiger partial charge on any atom is 0.257 e. The van der Waals surface area contributed by atoms with Crippen LogP contribution in [0.25, 0.3) is 0 Å². The lowest BCUT2D eigenvalue weighted by Gasteiger charge is -2.14. The summed E-state index contributed by atoms with van der Waals surface area (Å²) in [6.07, 6.45) is 0.481. The van der Waals surface area contributed by atoms with Gasteiger partial charge in [0.25, 0.3) is 5.91 Å². The summed E-state index contributed by atoms with van der Waals surface area (Å²) in [6, 6.07) is 4.47. The Balaban J connectivity index is 1.97. The number of nitrogens with one attached hydrogen (secondary N) is 2. The number of ether oxygens (including phenoxy) is 2. The summed E-state index contributed by atoms with van der Waals surface area (Å²) in [4.78, 5) is 12.2. The predicted octanol–water partition coefficient (Wildman–Crippen LogP) is 0.495. The van der Waals surface area contributed by atoms with Gasteiger partial charge in [-0.3, -0.25) is 10.1 Å². The maximum absolute atomic E-state index is 12.2. The Labute approximate surface area is 140 Å². The summed E-state index contributed by atoms with van der Waals surface area (Å²) < 4.78 is 33.1. The number of amides is 1. The minimum atomic E-state index is -3.00. The number of hydrogen-bond acceptors (Lipinski definition) is 6. The second-order valence-electron chi connectivity index (χ2n) is 5.10. The third-order valence-electron chi connectivity index (χ3n) is 3.44. The van der Waals surface area contributed by atoms with Crippen molar-refractivity contribution in [3.05, 3.63) is 23.8 Å². The maximum atomic E-state index is 12.2. The molecule has 1 aromatic rings. The molecule has 2 N–H and O–H groups in total. The molecule has 1 fully saturated rings. The smallest absolute Gasteiger partial charge is 0.257 e. The van der Waals surface area contributed by atoms with Crippen molar-refractivity contribution in [3.63, 3.8) is 0 Å². The lowest BCUT2D eigenvalue weighted by Crippen LogP contribution is -2.44. The Hall–Kier alpha value is -1.87. The predicted molar refractivity (Wildman–Crippen MR) is 89.8 cm³/mol. The molecular weight excluding hydrogens is 340 g/mol. The van der Waals surface area contributed by atoms with Crippen molar-refractivity contribution >= 4 is 33.1 Å². The van der Waals surface area contributed by atoms with E-state index < -0.39 is 15.7 Å². The number of carbonyl (C=O) groups is 1. The molecule has 0 spiro atoms. The molecule has 0 bridgehead atoms. The first-order chi connectivity index (χ1) is 10.8. The Morgan fingerprint density at radius 3 is 2.52 bits per heavy atom. The fourth-order valence-electron chi connectivity index (χ4n) is 2.28. The molecule has 1 aromatic carbocycles. The second kappa shape index (κ2) is 7.14. The molecule has 0 saturated carbocycles. The molecule has 0 radical (unpaired) electrons. The lowest BCUT2D eigenvalue weighted by atomic mass is 10.2. The van der Waals surface area contributed by atoms with Crippen LogP contribution in [0.1, 0.15) is 16.8 Å². The summed E-state index contributed by atoms with van der Waals surface area (Å²) >= 11 is 5.06. The van der Waals surface area contributed by atoms with E-state index in [-0.39, 0.29) is 22.7 Å². The first kappa shape index (κ1) is 17.5. The van der Waals surface area contributed by atoms with E-state index in [1.165, 1.54) is 20.3 Å². The molecule has 1 heterocycles. The van der Waals surface area contributed by atoms with E-state index in [1.807, 2.05) is 0 Å². The summed E-state index contributed by atoms with van der Waals surface area (Å²) in [5, 5.41) is 5.48. The molecule has 7 nitrogen and oxygen atoms in total. The molecule has 9 heteroatoms. The lowest BCUT2D eigenvalue weighted by molar-refractivity contribution is 0.0976. The van der Waals surface area contributed by atoms with Gasteiger partial charge in [-0.15, -0.1) is 0 Å². The van der Waals surface area contributed by atoms with Crippen LogP contribution < -0.4 is 20.1 Å². The SMILES string of the molecule is COc1ccc(C(=O)NC(=S)NC2CCS(=O)(=O)C2)cc1OC. The number of sulfone groups is 1. The number of hydrogen-bond donors (Lipinski definition) is 2. The van der Waals surface area contributed by atoms with Gasteiger partial charge in [-0.25, -0.2) is 8.42 Å². The van der Waals surface area contributed by atoms with E-state index in [4.69, 9.17) is 21.7 Å². The highest BCUT2D eigenvalue weighted by atomic mass is 32.2. The van der Waals surface area contributed by atoms with Crippen molar-refractivity contribution in [2.45, 2.75) is 12.5 Å². The average molecular weight is 358 g/mol. The first-order valence-electron chi connectivity index (χ1n) is 6.89. The van der Waals surface area contributed by atoms with E-state index in [9.17, 15) is 13.2 Å². The summed E-state index contributed by atoms with van der Waals surface area (Å²) in [5.74, 6) is 0.696. The highest BCUT2D eigenvalue weighted by Crippen LogP contribution is 2.27. The average Bonchev–Trinajstić information content (AvgIpc) is 2.84. The highest BCUT2D eigenvalue weighted by molar-refractivity contribution is 7.91. The standard InChI is InChI=1S/C14H18N2O5S2/c1-20-11-4-3-9(7-12(11)21-2)13(17)16-14(22)15-10-5-6-23(18,19)8-10/h3-4,7,10H,5-6,8H2,1-2H3,(H2,15,16,17,22). The van der Waals surface area contributed by atoms with Gasteiger partial charge >= 0.3 is 0 Å². The fourth-order valence-corrected chi connectivity index (χ4v) is 4.22. The van der Waals surface area contributed by atoms with Crippen LogP contribution in [-0.4, -0.2) is 51.2 Å². The molecule has 1 saturated heterocycles. The van der Waals surface area contributed by atoms with Crippen LogP contribution in [0.15, 0.2) is 18.2 Å². The van der Waals surface area contributed by atoms with Crippen molar-refractivity contribution in [2.75, 3.05) is 25.7 Å². The molecule has 0 aliphatic carbocycles. The topological polar surface area (TPSA) is 93.7 Å². The van der Waals surface area contributed by atoms with Crippen LogP contribution in [0.3, 0.4) is 0 Å². The minimum Gasteiger partial charge on any atom is -0.493 e. The number of rotatable bonds is 4. The molecule has 2 rings (SSSR count). The molecule has 126 valence electrons. The molecule has 23 heavy (non-hydrogen) atoms. The van der Waals surface area contributed by atoms with Gasteiger partial charge in [-0.05, 0) is 36.8 Å². The Kier molecular flexibility index (Phi) is 5.42. The normalized spacial score (nSPS) is 19.0. The van der Waals surface area contributed by atoms with Crippen LogP contribution in [0.5, 0.6) is 11.5 Å². The molecule has 1 unspecified atom stereocenters. The van der Waals surface area contributed by atoms with Crippen LogP contribution in [0.2, 0.25) is 0 Å². The van der Waals surface area contributed by atoms with Crippen molar-refractivity contribution < 1.29 is 22.7 Å². The van der Waals surface area contributed by atoms with Gasteiger partial charge in [0.2, 0.25) is 0 Å². The molecule has 1 aliphatic rings. The van der Waals surface area contributed by atoms with E-state index in [1.54, 1.807) is 12.1 Å². The largest absolute Gasteiger partial charge is 0.493 e. The Morgan fingerprint density at radius 2 is 1.96 bits per heavy atom. The molecule has 1 amide bonds. The Morgan fingerprint density at radius 1 is 1.26 bits per heavy atom. The quantitative estimate of drug-likeness (QED) is 0.757. The van der Waals surface area contributed by atoms with Crippen molar-refractivity contribution in [2.24, 2.45) is 0 Å². The fraction of sp³-hybridized carbons (Fsp3) is 0.429. The van der Waals surface area contributed by atoms with Crippen LogP contribution in [0.4, 0.5) is 0 Å². The molecular formula is C14H18N2O5S2. The molecule has 0 aromatic heterocycles. The van der Waals surface area contributed by atoms with Gasteiger partial charge < -0.3 is 14.8 Å². The minimum absolute atomic E-state index is 0.0272. The molecule has 1 atom stereocenters. The van der Waals surface area contributed by atoms with Gasteiger partial charge in [0, 0.05) is 11.6 Å². The summed E-state index contributed by atoms with van der Waals surface area (Å²) in [7, 11) is -0.0190. The zero-order valence-corrected chi connectivity index (χ0v) is 14.4. The van der Waals surface area contributed by atoms with Crippen LogP contribution in [0, 0.1) is 0 Å². The summed E-state index contributed by atoms with van der Waals surface area (Å²) in [6.45, 7) is 0. The van der Waals surface area contributed by atoms with E-state index in [0.29, 0.717) is 23.5 Å². The van der Waals surface area contributed by atoms with Gasteiger partial charge in [-0.2, -0.15) is 0 Å². The zero-order chi connectivity index (χ0) is 17.0. The van der Waals surface area contributed by atoms with E-state index in [0.717, 1.165) is 0 Å². The van der Waals surface area contributed by atoms with Crippen molar-refractivity contribution in [1.29, 1.82) is 0 Å². The molecule has 1 aliphatic heterocycles. The van der Waals surface area contributed by atoms with Gasteiger partial charge in [0.15, 0.2) is 26.4 Å². The number of carbonyl (C=O) groups excluding carboxylic acids is 1. The van der Waals surface area contributed by atoms with Crippen LogP contribution in [-0.2, 0) is 9.84 Å².